The predicted molar refractivity (Wildman–Crippen MR) is 107 cm³/mol. The quantitative estimate of drug-likeness (QED) is 0.600. The van der Waals surface area contributed by atoms with E-state index in [1.807, 2.05) is 6.92 Å². The highest BCUT2D eigenvalue weighted by molar-refractivity contribution is 5.94. The van der Waals surface area contributed by atoms with Gasteiger partial charge in [-0.3, -0.25) is 4.79 Å². The first kappa shape index (κ1) is 22.0. The van der Waals surface area contributed by atoms with Gasteiger partial charge in [0.15, 0.2) is 0 Å². The number of carbonyl (C=O) groups is 1. The minimum atomic E-state index is -4.43. The highest BCUT2D eigenvalue weighted by Gasteiger charge is 2.30. The monoisotopic (exact) mass is 428 g/mol. The van der Waals surface area contributed by atoms with Crippen LogP contribution in [0.1, 0.15) is 38.5 Å². The van der Waals surface area contributed by atoms with Crippen molar-refractivity contribution in [2.24, 2.45) is 0 Å². The van der Waals surface area contributed by atoms with Crippen LogP contribution in [0.3, 0.4) is 0 Å². The molecule has 3 rings (SSSR count). The van der Waals surface area contributed by atoms with Gasteiger partial charge >= 0.3 is 6.18 Å². The Balaban J connectivity index is 1.57. The van der Waals surface area contributed by atoms with Gasteiger partial charge < -0.3 is 14.6 Å². The first-order valence-corrected chi connectivity index (χ1v) is 9.33. The van der Waals surface area contributed by atoms with E-state index in [1.54, 1.807) is 31.2 Å². The van der Waals surface area contributed by atoms with Gasteiger partial charge in [0, 0.05) is 11.1 Å². The van der Waals surface area contributed by atoms with Crippen molar-refractivity contribution >= 4 is 5.91 Å². The normalized spacial score (nSPS) is 10.9. The Morgan fingerprint density at radius 3 is 2.65 bits per heavy atom. The molecule has 0 atom stereocenters. The topological polar surface area (TPSA) is 64.4 Å². The maximum Gasteiger partial charge on any atom is 0.416 e. The molecule has 0 aliphatic heterocycles. The number of carbonyl (C=O) groups excluding carboxylic acids is 1. The van der Waals surface area contributed by atoms with Gasteiger partial charge in [0.1, 0.15) is 18.1 Å². The number of aryl methyl sites for hydroxylation is 2. The van der Waals surface area contributed by atoms with Crippen LogP contribution in [-0.2, 0) is 12.8 Å². The average Bonchev–Trinajstić information content (AvgIpc) is 3.06. The number of benzene rings is 2. The van der Waals surface area contributed by atoms with Gasteiger partial charge in [0.25, 0.3) is 5.91 Å². The highest BCUT2D eigenvalue weighted by atomic mass is 19.4. The Bertz CT molecular complexity index is 1120. The van der Waals surface area contributed by atoms with E-state index in [2.05, 4.69) is 22.3 Å². The fourth-order valence-electron chi connectivity index (χ4n) is 2.74. The number of amides is 1. The number of nitrogens with zero attached hydrogens (tertiary/aromatic N) is 1. The summed E-state index contributed by atoms with van der Waals surface area (Å²) in [6.07, 6.45) is -4.43. The zero-order chi connectivity index (χ0) is 22.4. The molecule has 8 heteroatoms. The Morgan fingerprint density at radius 2 is 1.94 bits per heavy atom. The molecule has 160 valence electrons. The van der Waals surface area contributed by atoms with Crippen molar-refractivity contribution in [3.8, 4) is 17.6 Å². The smallest absolute Gasteiger partial charge is 0.416 e. The van der Waals surface area contributed by atoms with E-state index in [0.717, 1.165) is 23.4 Å². The second-order valence-electron chi connectivity index (χ2n) is 6.68. The number of hydrogen-bond acceptors (Lipinski definition) is 4. The minimum absolute atomic E-state index is 0.0146. The van der Waals surface area contributed by atoms with Gasteiger partial charge in [0.2, 0.25) is 0 Å². The Morgan fingerprint density at radius 1 is 1.16 bits per heavy atom. The van der Waals surface area contributed by atoms with Crippen molar-refractivity contribution in [1.82, 2.24) is 10.5 Å². The summed E-state index contributed by atoms with van der Waals surface area (Å²) in [5.41, 5.74) is 1.41. The molecular formula is C23H19F3N2O3. The molecule has 31 heavy (non-hydrogen) atoms. The van der Waals surface area contributed by atoms with Crippen LogP contribution in [0.15, 0.2) is 53.1 Å². The molecule has 0 bridgehead atoms. The van der Waals surface area contributed by atoms with Crippen molar-refractivity contribution in [2.75, 3.05) is 6.54 Å². The molecule has 1 amide bonds. The van der Waals surface area contributed by atoms with Crippen LogP contribution in [0.25, 0.3) is 0 Å². The van der Waals surface area contributed by atoms with Crippen LogP contribution in [-0.4, -0.2) is 17.6 Å². The molecule has 0 radical (unpaired) electrons. The third kappa shape index (κ3) is 5.89. The van der Waals surface area contributed by atoms with Crippen LogP contribution in [0, 0.1) is 25.7 Å². The van der Waals surface area contributed by atoms with Crippen molar-refractivity contribution < 1.29 is 27.2 Å². The molecule has 5 nitrogen and oxygen atoms in total. The second kappa shape index (κ2) is 9.39. The van der Waals surface area contributed by atoms with Crippen LogP contribution in [0.2, 0.25) is 0 Å². The number of aromatic nitrogens is 1. The van der Waals surface area contributed by atoms with Crippen molar-refractivity contribution in [2.45, 2.75) is 26.6 Å². The maximum atomic E-state index is 12.7. The molecule has 3 aromatic rings. The lowest BCUT2D eigenvalue weighted by atomic mass is 10.1. The lowest BCUT2D eigenvalue weighted by Gasteiger charge is -2.08. The van der Waals surface area contributed by atoms with E-state index in [-0.39, 0.29) is 24.6 Å². The zero-order valence-electron chi connectivity index (χ0n) is 16.8. The van der Waals surface area contributed by atoms with Crippen LogP contribution < -0.4 is 10.1 Å². The summed E-state index contributed by atoms with van der Waals surface area (Å²) in [5, 5.41) is 6.48. The van der Waals surface area contributed by atoms with E-state index < -0.39 is 11.7 Å². The van der Waals surface area contributed by atoms with Gasteiger partial charge in [-0.2, -0.15) is 13.2 Å². The summed E-state index contributed by atoms with van der Waals surface area (Å²) < 4.78 is 49.0. The summed E-state index contributed by atoms with van der Waals surface area (Å²) in [7, 11) is 0. The molecule has 1 N–H and O–H groups in total. The van der Waals surface area contributed by atoms with Gasteiger partial charge in [-0.05, 0) is 50.2 Å². The number of rotatable bonds is 5. The minimum Gasteiger partial charge on any atom is -0.489 e. The summed E-state index contributed by atoms with van der Waals surface area (Å²) in [5.74, 6) is 6.07. The molecular weight excluding hydrogens is 409 g/mol. The van der Waals surface area contributed by atoms with Gasteiger partial charge in [-0.25, -0.2) is 0 Å². The number of alkyl halides is 3. The molecule has 0 saturated carbocycles. The Hall–Kier alpha value is -3.73. The predicted octanol–water partition coefficient (Wildman–Crippen LogP) is 4.67. The molecule has 0 aliphatic carbocycles. The standard InChI is InChI=1S/C23H19F3N2O3/c1-15-21(16(2)31-28-15)14-30-20-10-4-8-18(13-20)22(29)27-11-5-7-17-6-3-9-19(12-17)23(24,25)26/h3-4,6,8-10,12-13H,11,14H2,1-2H3,(H,27,29). The summed E-state index contributed by atoms with van der Waals surface area (Å²) in [4.78, 5) is 12.3. The molecule has 1 aromatic heterocycles. The van der Waals surface area contributed by atoms with E-state index in [1.165, 1.54) is 12.1 Å². The van der Waals surface area contributed by atoms with E-state index in [9.17, 15) is 18.0 Å². The van der Waals surface area contributed by atoms with Gasteiger partial charge in [-0.15, -0.1) is 0 Å². The van der Waals surface area contributed by atoms with Gasteiger partial charge in [0.05, 0.1) is 23.4 Å². The summed E-state index contributed by atoms with van der Waals surface area (Å²) >= 11 is 0. The third-order valence-electron chi connectivity index (χ3n) is 4.42. The van der Waals surface area contributed by atoms with Crippen molar-refractivity contribution in [3.63, 3.8) is 0 Å². The molecule has 0 aliphatic rings. The fourth-order valence-corrected chi connectivity index (χ4v) is 2.74. The molecule has 0 unspecified atom stereocenters. The zero-order valence-corrected chi connectivity index (χ0v) is 16.8. The number of hydrogen-bond donors (Lipinski definition) is 1. The summed E-state index contributed by atoms with van der Waals surface area (Å²) in [6.45, 7) is 3.86. The number of halogens is 3. The Kier molecular flexibility index (Phi) is 6.65. The molecule has 0 saturated heterocycles. The fraction of sp³-hybridized carbons (Fsp3) is 0.217. The Labute approximate surface area is 177 Å². The van der Waals surface area contributed by atoms with E-state index >= 15 is 0 Å². The first-order chi connectivity index (χ1) is 14.7. The molecule has 0 spiro atoms. The first-order valence-electron chi connectivity index (χ1n) is 9.33. The number of ether oxygens (including phenoxy) is 1. The molecule has 0 fully saturated rings. The van der Waals surface area contributed by atoms with Crippen LogP contribution >= 0.6 is 0 Å². The van der Waals surface area contributed by atoms with Crippen LogP contribution in [0.4, 0.5) is 13.2 Å². The number of nitrogens with one attached hydrogen (secondary N) is 1. The van der Waals surface area contributed by atoms with Crippen molar-refractivity contribution in [3.05, 3.63) is 82.2 Å². The second-order valence-corrected chi connectivity index (χ2v) is 6.68. The largest absolute Gasteiger partial charge is 0.489 e. The summed E-state index contributed by atoms with van der Waals surface area (Å²) in [6, 6.07) is 11.3. The lowest BCUT2D eigenvalue weighted by Crippen LogP contribution is -2.23. The van der Waals surface area contributed by atoms with Gasteiger partial charge in [-0.1, -0.05) is 29.1 Å². The van der Waals surface area contributed by atoms with E-state index in [4.69, 9.17) is 9.26 Å². The van der Waals surface area contributed by atoms with Crippen molar-refractivity contribution in [1.29, 1.82) is 0 Å². The molecule has 2 aromatic carbocycles. The lowest BCUT2D eigenvalue weighted by molar-refractivity contribution is -0.137. The SMILES string of the molecule is Cc1noc(C)c1COc1cccc(C(=O)NCC#Cc2cccc(C(F)(F)F)c2)c1. The van der Waals surface area contributed by atoms with Crippen LogP contribution in [0.5, 0.6) is 5.75 Å². The highest BCUT2D eigenvalue weighted by Crippen LogP contribution is 2.29. The third-order valence-corrected chi connectivity index (χ3v) is 4.42. The molecule has 1 heterocycles. The van der Waals surface area contributed by atoms with E-state index in [0.29, 0.717) is 17.1 Å². The maximum absolute atomic E-state index is 12.7. The average molecular weight is 428 g/mol.